The van der Waals surface area contributed by atoms with Crippen LogP contribution < -0.4 is 0 Å². The van der Waals surface area contributed by atoms with Crippen molar-refractivity contribution in [3.63, 3.8) is 0 Å². The highest BCUT2D eigenvalue weighted by atomic mass is 16.6. The number of carbonyl (C=O) groups is 1. The Bertz CT molecular complexity index is 280. The summed E-state index contributed by atoms with van der Waals surface area (Å²) in [5, 5.41) is 0. The minimum absolute atomic E-state index is 0.0369. The van der Waals surface area contributed by atoms with Crippen molar-refractivity contribution in [3.8, 4) is 0 Å². The maximum Gasteiger partial charge on any atom is 0.410 e. The van der Waals surface area contributed by atoms with Crippen LogP contribution in [-0.2, 0) is 4.74 Å². The van der Waals surface area contributed by atoms with Gasteiger partial charge < -0.3 is 9.64 Å². The topological polar surface area (TPSA) is 29.5 Å². The molecule has 0 saturated carbocycles. The van der Waals surface area contributed by atoms with E-state index in [1.54, 1.807) is 4.90 Å². The number of piperidine rings is 1. The average Bonchev–Trinajstić information content (AvgIpc) is 2.15. The predicted octanol–water partition coefficient (Wildman–Crippen LogP) is 3.21. The molecule has 16 heavy (non-hydrogen) atoms. The molecule has 1 unspecified atom stereocenters. The Morgan fingerprint density at radius 2 is 2.12 bits per heavy atom. The van der Waals surface area contributed by atoms with E-state index in [0.717, 1.165) is 19.4 Å². The van der Waals surface area contributed by atoms with Crippen molar-refractivity contribution in [3.05, 3.63) is 12.7 Å². The lowest BCUT2D eigenvalue weighted by Gasteiger charge is -2.39. The Kier molecular flexibility index (Phi) is 3.66. The SMILES string of the molecule is C=CC1(C)CCCN(C(=O)OC(C)(C)C)C1. The Morgan fingerprint density at radius 3 is 2.62 bits per heavy atom. The third-order valence-corrected chi connectivity index (χ3v) is 2.87. The number of nitrogens with zero attached hydrogens (tertiary/aromatic N) is 1. The number of likely N-dealkylation sites (tertiary alicyclic amines) is 1. The third kappa shape index (κ3) is 3.54. The molecule has 0 aromatic rings. The fraction of sp³-hybridized carbons (Fsp3) is 0.769. The molecule has 0 spiro atoms. The van der Waals surface area contributed by atoms with Crippen LogP contribution in [0, 0.1) is 5.41 Å². The largest absolute Gasteiger partial charge is 0.444 e. The van der Waals surface area contributed by atoms with E-state index in [2.05, 4.69) is 13.5 Å². The lowest BCUT2D eigenvalue weighted by atomic mass is 9.82. The number of amides is 1. The van der Waals surface area contributed by atoms with Crippen LogP contribution in [0.5, 0.6) is 0 Å². The van der Waals surface area contributed by atoms with E-state index in [1.807, 2.05) is 26.8 Å². The maximum atomic E-state index is 11.9. The molecule has 1 rings (SSSR count). The summed E-state index contributed by atoms with van der Waals surface area (Å²) in [4.78, 5) is 13.7. The molecule has 1 aliphatic heterocycles. The van der Waals surface area contributed by atoms with Gasteiger partial charge in [-0.05, 0) is 33.6 Å². The van der Waals surface area contributed by atoms with Crippen LogP contribution in [0.15, 0.2) is 12.7 Å². The molecule has 1 aliphatic rings. The van der Waals surface area contributed by atoms with Crippen LogP contribution >= 0.6 is 0 Å². The van der Waals surface area contributed by atoms with Crippen molar-refractivity contribution in [2.24, 2.45) is 5.41 Å². The molecular formula is C13H23NO2. The smallest absolute Gasteiger partial charge is 0.410 e. The van der Waals surface area contributed by atoms with Gasteiger partial charge >= 0.3 is 6.09 Å². The van der Waals surface area contributed by atoms with E-state index in [-0.39, 0.29) is 11.5 Å². The second-order valence-electron chi connectivity index (χ2n) is 5.86. The van der Waals surface area contributed by atoms with Crippen LogP contribution in [0.4, 0.5) is 4.79 Å². The monoisotopic (exact) mass is 225 g/mol. The number of hydrogen-bond acceptors (Lipinski definition) is 2. The number of rotatable bonds is 1. The number of hydrogen-bond donors (Lipinski definition) is 0. The van der Waals surface area contributed by atoms with Gasteiger partial charge in [-0.25, -0.2) is 4.79 Å². The first-order chi connectivity index (χ1) is 7.26. The van der Waals surface area contributed by atoms with Crippen LogP contribution in [0.3, 0.4) is 0 Å². The van der Waals surface area contributed by atoms with Crippen molar-refractivity contribution in [2.45, 2.75) is 46.1 Å². The summed E-state index contributed by atoms with van der Waals surface area (Å²) in [5.41, 5.74) is -0.381. The molecule has 92 valence electrons. The zero-order chi connectivity index (χ0) is 12.4. The third-order valence-electron chi connectivity index (χ3n) is 2.87. The normalized spacial score (nSPS) is 26.4. The van der Waals surface area contributed by atoms with Gasteiger partial charge in [-0.3, -0.25) is 0 Å². The second kappa shape index (κ2) is 4.48. The summed E-state index contributed by atoms with van der Waals surface area (Å²) in [6.07, 6.45) is 3.85. The minimum atomic E-state index is -0.418. The van der Waals surface area contributed by atoms with Gasteiger partial charge in [0.1, 0.15) is 5.60 Å². The van der Waals surface area contributed by atoms with Gasteiger partial charge in [-0.2, -0.15) is 0 Å². The molecule has 0 N–H and O–H groups in total. The van der Waals surface area contributed by atoms with E-state index < -0.39 is 5.60 Å². The maximum absolute atomic E-state index is 11.9. The molecule has 1 saturated heterocycles. The lowest BCUT2D eigenvalue weighted by Crippen LogP contribution is -2.46. The lowest BCUT2D eigenvalue weighted by molar-refractivity contribution is 0.0121. The Morgan fingerprint density at radius 1 is 1.50 bits per heavy atom. The standard InChI is InChI=1S/C13H23NO2/c1-6-13(5)8-7-9-14(10-13)11(15)16-12(2,3)4/h6H,1,7-10H2,2-5H3. The van der Waals surface area contributed by atoms with Crippen molar-refractivity contribution >= 4 is 6.09 Å². The van der Waals surface area contributed by atoms with Gasteiger partial charge in [-0.15, -0.1) is 6.58 Å². The summed E-state index contributed by atoms with van der Waals surface area (Å²) < 4.78 is 5.37. The van der Waals surface area contributed by atoms with Crippen LogP contribution in [0.2, 0.25) is 0 Å². The van der Waals surface area contributed by atoms with Gasteiger partial charge in [0.2, 0.25) is 0 Å². The molecule has 0 radical (unpaired) electrons. The quantitative estimate of drug-likeness (QED) is 0.641. The molecule has 1 heterocycles. The molecular weight excluding hydrogens is 202 g/mol. The molecule has 1 atom stereocenters. The van der Waals surface area contributed by atoms with Gasteiger partial charge in [0.25, 0.3) is 0 Å². The highest BCUT2D eigenvalue weighted by molar-refractivity contribution is 5.68. The van der Waals surface area contributed by atoms with Gasteiger partial charge in [0.05, 0.1) is 0 Å². The van der Waals surface area contributed by atoms with Crippen molar-refractivity contribution < 1.29 is 9.53 Å². The van der Waals surface area contributed by atoms with Crippen LogP contribution in [-0.4, -0.2) is 29.7 Å². The predicted molar refractivity (Wildman–Crippen MR) is 65.3 cm³/mol. The highest BCUT2D eigenvalue weighted by Gasteiger charge is 2.32. The molecule has 1 amide bonds. The van der Waals surface area contributed by atoms with Crippen molar-refractivity contribution in [2.75, 3.05) is 13.1 Å². The minimum Gasteiger partial charge on any atom is -0.444 e. The summed E-state index contributed by atoms with van der Waals surface area (Å²) >= 11 is 0. The van der Waals surface area contributed by atoms with Crippen LogP contribution in [0.25, 0.3) is 0 Å². The van der Waals surface area contributed by atoms with Gasteiger partial charge in [-0.1, -0.05) is 13.0 Å². The zero-order valence-corrected chi connectivity index (χ0v) is 10.9. The highest BCUT2D eigenvalue weighted by Crippen LogP contribution is 2.30. The van der Waals surface area contributed by atoms with Crippen LogP contribution in [0.1, 0.15) is 40.5 Å². The zero-order valence-electron chi connectivity index (χ0n) is 10.9. The number of ether oxygens (including phenoxy) is 1. The Labute approximate surface area is 98.5 Å². The summed E-state index contributed by atoms with van der Waals surface area (Å²) in [5.74, 6) is 0. The van der Waals surface area contributed by atoms with E-state index >= 15 is 0 Å². The summed E-state index contributed by atoms with van der Waals surface area (Å²) in [6.45, 7) is 13.2. The second-order valence-corrected chi connectivity index (χ2v) is 5.86. The summed E-state index contributed by atoms with van der Waals surface area (Å²) in [7, 11) is 0. The Hall–Kier alpha value is -0.990. The van der Waals surface area contributed by atoms with E-state index in [1.165, 1.54) is 0 Å². The van der Waals surface area contributed by atoms with Gasteiger partial charge in [0, 0.05) is 18.5 Å². The fourth-order valence-corrected chi connectivity index (χ4v) is 1.92. The molecule has 1 fully saturated rings. The molecule has 0 aliphatic carbocycles. The molecule has 3 heteroatoms. The molecule has 0 bridgehead atoms. The van der Waals surface area contributed by atoms with Crippen molar-refractivity contribution in [1.29, 1.82) is 0 Å². The summed E-state index contributed by atoms with van der Waals surface area (Å²) in [6, 6.07) is 0. The van der Waals surface area contributed by atoms with E-state index in [0.29, 0.717) is 6.54 Å². The number of carbonyl (C=O) groups excluding carboxylic acids is 1. The first kappa shape index (κ1) is 13.1. The fourth-order valence-electron chi connectivity index (χ4n) is 1.92. The first-order valence-electron chi connectivity index (χ1n) is 5.87. The van der Waals surface area contributed by atoms with Gasteiger partial charge in [0.15, 0.2) is 0 Å². The average molecular weight is 225 g/mol. The van der Waals surface area contributed by atoms with E-state index in [9.17, 15) is 4.79 Å². The Balaban J connectivity index is 2.61. The first-order valence-corrected chi connectivity index (χ1v) is 5.87. The van der Waals surface area contributed by atoms with E-state index in [4.69, 9.17) is 4.74 Å². The molecule has 0 aromatic carbocycles. The molecule has 3 nitrogen and oxygen atoms in total. The van der Waals surface area contributed by atoms with Crippen molar-refractivity contribution in [1.82, 2.24) is 4.90 Å². The molecule has 0 aromatic heterocycles.